The maximum Gasteiger partial charge on any atom is 0.115 e. The van der Waals surface area contributed by atoms with Crippen molar-refractivity contribution in [3.63, 3.8) is 0 Å². The van der Waals surface area contributed by atoms with E-state index in [4.69, 9.17) is 5.11 Å². The smallest absolute Gasteiger partial charge is 0.115 e. The Morgan fingerprint density at radius 1 is 1.86 bits per heavy atom. The minimum absolute atomic E-state index is 0.457. The van der Waals surface area contributed by atoms with Crippen LogP contribution < -0.4 is 5.43 Å². The standard InChI is InChI=1S/C3H9IN2O/c1-3(7)5-6(2)4/h3,5,7H,1-2H3. The molecule has 0 bridgehead atoms. The van der Waals surface area contributed by atoms with E-state index in [0.29, 0.717) is 0 Å². The fraction of sp³-hybridized carbons (Fsp3) is 1.00. The third-order valence-corrected chi connectivity index (χ3v) is 0.643. The molecule has 3 nitrogen and oxygen atoms in total. The summed E-state index contributed by atoms with van der Waals surface area (Å²) in [5, 5.41) is 8.57. The molecule has 0 saturated carbocycles. The van der Waals surface area contributed by atoms with Crippen molar-refractivity contribution in [2.75, 3.05) is 7.05 Å². The van der Waals surface area contributed by atoms with E-state index in [1.54, 1.807) is 10.1 Å². The molecular formula is C3H9IN2O. The molecule has 1 unspecified atom stereocenters. The van der Waals surface area contributed by atoms with Crippen molar-refractivity contribution < 1.29 is 5.11 Å². The quantitative estimate of drug-likeness (QED) is 0.297. The van der Waals surface area contributed by atoms with Crippen molar-refractivity contribution >= 4 is 22.9 Å². The van der Waals surface area contributed by atoms with Gasteiger partial charge in [-0.3, -0.25) is 0 Å². The van der Waals surface area contributed by atoms with Crippen LogP contribution in [0.3, 0.4) is 0 Å². The third kappa shape index (κ3) is 6.61. The molecule has 0 saturated heterocycles. The van der Waals surface area contributed by atoms with Crippen LogP contribution >= 0.6 is 22.9 Å². The number of nitrogens with zero attached hydrogens (tertiary/aromatic N) is 1. The van der Waals surface area contributed by atoms with E-state index in [1.165, 1.54) is 0 Å². The highest BCUT2D eigenvalue weighted by molar-refractivity contribution is 14.1. The largest absolute Gasteiger partial charge is 0.378 e. The minimum atomic E-state index is -0.457. The highest BCUT2D eigenvalue weighted by atomic mass is 127. The summed E-state index contributed by atoms with van der Waals surface area (Å²) in [5.74, 6) is 0. The molecule has 7 heavy (non-hydrogen) atoms. The maximum atomic E-state index is 8.57. The molecule has 2 N–H and O–H groups in total. The van der Waals surface area contributed by atoms with Crippen molar-refractivity contribution in [1.82, 2.24) is 8.65 Å². The van der Waals surface area contributed by atoms with E-state index >= 15 is 0 Å². The summed E-state index contributed by atoms with van der Waals surface area (Å²) in [6.07, 6.45) is -0.457. The number of hydrogen-bond acceptors (Lipinski definition) is 3. The van der Waals surface area contributed by atoms with Crippen LogP contribution in [0.2, 0.25) is 0 Å². The molecule has 1 atom stereocenters. The molecule has 0 aromatic heterocycles. The van der Waals surface area contributed by atoms with E-state index in [2.05, 4.69) is 5.43 Å². The number of hydrogen-bond donors (Lipinski definition) is 2. The predicted molar refractivity (Wildman–Crippen MR) is 36.6 cm³/mol. The first-order chi connectivity index (χ1) is 3.13. The number of nitrogens with one attached hydrogen (secondary N) is 1. The number of rotatable bonds is 2. The molecule has 0 amide bonds. The average Bonchev–Trinajstić information content (AvgIpc) is 1.27. The van der Waals surface area contributed by atoms with Crippen LogP contribution in [0, 0.1) is 0 Å². The third-order valence-electron chi connectivity index (χ3n) is 0.365. The first-order valence-electron chi connectivity index (χ1n) is 1.96. The molecule has 0 aliphatic carbocycles. The number of halogens is 1. The van der Waals surface area contributed by atoms with Gasteiger partial charge in [0.2, 0.25) is 0 Å². The van der Waals surface area contributed by atoms with Crippen LogP contribution in [0.5, 0.6) is 0 Å². The normalized spacial score (nSPS) is 15.0. The second-order valence-corrected chi connectivity index (χ2v) is 2.73. The van der Waals surface area contributed by atoms with Gasteiger partial charge in [-0.05, 0) is 6.92 Å². The molecule has 44 valence electrons. The summed E-state index contributed by atoms with van der Waals surface area (Å²) >= 11 is 2.02. The van der Waals surface area contributed by atoms with Gasteiger partial charge in [0.25, 0.3) is 0 Å². The summed E-state index contributed by atoms with van der Waals surface area (Å²) in [7, 11) is 1.81. The van der Waals surface area contributed by atoms with Crippen molar-refractivity contribution in [2.24, 2.45) is 0 Å². The van der Waals surface area contributed by atoms with Crippen molar-refractivity contribution in [2.45, 2.75) is 13.2 Å². The zero-order valence-electron chi connectivity index (χ0n) is 4.35. The summed E-state index contributed by atoms with van der Waals surface area (Å²) in [6.45, 7) is 1.66. The van der Waals surface area contributed by atoms with Crippen LogP contribution in [0.25, 0.3) is 0 Å². The lowest BCUT2D eigenvalue weighted by atomic mass is 10.7. The molecule has 0 aromatic carbocycles. The van der Waals surface area contributed by atoms with Gasteiger partial charge in [-0.15, -0.1) is 0 Å². The Morgan fingerprint density at radius 3 is 2.29 bits per heavy atom. The summed E-state index contributed by atoms with van der Waals surface area (Å²) in [4.78, 5) is 0. The molecule has 0 radical (unpaired) electrons. The molecule has 4 heteroatoms. The van der Waals surface area contributed by atoms with Crippen LogP contribution in [0.4, 0.5) is 0 Å². The van der Waals surface area contributed by atoms with Gasteiger partial charge in [0.05, 0.1) is 0 Å². The van der Waals surface area contributed by atoms with Gasteiger partial charge in [0.15, 0.2) is 0 Å². The van der Waals surface area contributed by atoms with Crippen LogP contribution in [0.1, 0.15) is 6.92 Å². The molecule has 0 aromatic rings. The average molecular weight is 216 g/mol. The molecule has 0 spiro atoms. The molecular weight excluding hydrogens is 207 g/mol. The predicted octanol–water partition coefficient (Wildman–Crippen LogP) is 0.111. The Morgan fingerprint density at radius 2 is 2.29 bits per heavy atom. The molecule has 0 heterocycles. The molecule has 0 fully saturated rings. The second kappa shape index (κ2) is 3.59. The second-order valence-electron chi connectivity index (χ2n) is 1.28. The van der Waals surface area contributed by atoms with Crippen LogP contribution in [-0.4, -0.2) is 21.6 Å². The Hall–Kier alpha value is 0.610. The monoisotopic (exact) mass is 216 g/mol. The SMILES string of the molecule is CC(O)NN(C)I. The Labute approximate surface area is 57.2 Å². The number of hydrazine groups is 1. The Bertz CT molecular complexity index is 42.2. The van der Waals surface area contributed by atoms with Gasteiger partial charge in [-0.25, -0.2) is 5.43 Å². The van der Waals surface area contributed by atoms with E-state index < -0.39 is 6.23 Å². The van der Waals surface area contributed by atoms with Crippen molar-refractivity contribution in [3.05, 3.63) is 0 Å². The summed E-state index contributed by atoms with van der Waals surface area (Å²) in [6, 6.07) is 0. The van der Waals surface area contributed by atoms with Gasteiger partial charge in [0, 0.05) is 29.9 Å². The van der Waals surface area contributed by atoms with Gasteiger partial charge >= 0.3 is 0 Å². The first kappa shape index (κ1) is 7.61. The lowest BCUT2D eigenvalue weighted by Gasteiger charge is -2.10. The lowest BCUT2D eigenvalue weighted by Crippen LogP contribution is -2.33. The molecule has 0 aliphatic rings. The van der Waals surface area contributed by atoms with Gasteiger partial charge in [-0.2, -0.15) is 3.22 Å². The maximum absolute atomic E-state index is 8.57. The van der Waals surface area contributed by atoms with E-state index in [9.17, 15) is 0 Å². The zero-order chi connectivity index (χ0) is 5.86. The summed E-state index contributed by atoms with van der Waals surface area (Å²) in [5.41, 5.74) is 2.68. The molecule has 0 aliphatic heterocycles. The van der Waals surface area contributed by atoms with E-state index in [0.717, 1.165) is 0 Å². The lowest BCUT2D eigenvalue weighted by molar-refractivity contribution is 0.116. The van der Waals surface area contributed by atoms with Gasteiger partial charge in [0.1, 0.15) is 6.23 Å². The van der Waals surface area contributed by atoms with Crippen molar-refractivity contribution in [1.29, 1.82) is 0 Å². The molecule has 0 rings (SSSR count). The Kier molecular flexibility index (Phi) is 3.91. The highest BCUT2D eigenvalue weighted by Gasteiger charge is 1.92. The number of aliphatic hydroxyl groups excluding tert-OH is 1. The number of aliphatic hydroxyl groups is 1. The minimum Gasteiger partial charge on any atom is -0.378 e. The van der Waals surface area contributed by atoms with Gasteiger partial charge < -0.3 is 5.11 Å². The fourth-order valence-electron chi connectivity index (χ4n) is 0.257. The summed E-state index contributed by atoms with van der Waals surface area (Å²) < 4.78 is 1.67. The Balaban J connectivity index is 2.95. The van der Waals surface area contributed by atoms with E-state index in [1.807, 2.05) is 29.9 Å². The highest BCUT2D eigenvalue weighted by Crippen LogP contribution is 1.85. The van der Waals surface area contributed by atoms with Crippen LogP contribution in [0.15, 0.2) is 0 Å². The van der Waals surface area contributed by atoms with Gasteiger partial charge in [-0.1, -0.05) is 0 Å². The first-order valence-corrected chi connectivity index (χ1v) is 2.93. The van der Waals surface area contributed by atoms with Crippen LogP contribution in [-0.2, 0) is 0 Å². The zero-order valence-corrected chi connectivity index (χ0v) is 6.51. The van der Waals surface area contributed by atoms with Crippen molar-refractivity contribution in [3.8, 4) is 0 Å². The topological polar surface area (TPSA) is 35.5 Å². The fourth-order valence-corrected chi connectivity index (χ4v) is 0.661. The van der Waals surface area contributed by atoms with E-state index in [-0.39, 0.29) is 0 Å².